The van der Waals surface area contributed by atoms with Gasteiger partial charge in [-0.25, -0.2) is 0 Å². The Labute approximate surface area is 85.1 Å². The van der Waals surface area contributed by atoms with Gasteiger partial charge in [-0.2, -0.15) is 0 Å². The van der Waals surface area contributed by atoms with Gasteiger partial charge in [-0.15, -0.1) is 0 Å². The first-order valence-corrected chi connectivity index (χ1v) is 5.32. The van der Waals surface area contributed by atoms with E-state index in [1.54, 1.807) is 6.92 Å². The molecule has 0 fully saturated rings. The van der Waals surface area contributed by atoms with Crippen molar-refractivity contribution in [2.75, 3.05) is 0 Å². The van der Waals surface area contributed by atoms with E-state index in [1.807, 2.05) is 6.07 Å². The zero-order chi connectivity index (χ0) is 10.1. The third-order valence-electron chi connectivity index (χ3n) is 3.17. The van der Waals surface area contributed by atoms with Crippen molar-refractivity contribution >= 4 is 5.78 Å². The van der Waals surface area contributed by atoms with Gasteiger partial charge >= 0.3 is 0 Å². The Kier molecular flexibility index (Phi) is 2.40. The van der Waals surface area contributed by atoms with Crippen LogP contribution >= 0.6 is 0 Å². The van der Waals surface area contributed by atoms with Crippen LogP contribution in [0.15, 0.2) is 18.2 Å². The van der Waals surface area contributed by atoms with Crippen molar-refractivity contribution < 1.29 is 4.79 Å². The number of Topliss-reactive ketones (excluding diaryl/α,β-unsaturated/α-hetero) is 1. The fourth-order valence-electron chi connectivity index (χ4n) is 2.25. The molecule has 2 rings (SSSR count). The van der Waals surface area contributed by atoms with Crippen molar-refractivity contribution in [3.63, 3.8) is 0 Å². The van der Waals surface area contributed by atoms with Gasteiger partial charge in [0.15, 0.2) is 5.78 Å². The van der Waals surface area contributed by atoms with Gasteiger partial charge in [0.1, 0.15) is 0 Å². The molecule has 0 heterocycles. The smallest absolute Gasteiger partial charge is 0.159 e. The molecule has 0 bridgehead atoms. The van der Waals surface area contributed by atoms with Crippen LogP contribution in [0.5, 0.6) is 0 Å². The first-order chi connectivity index (χ1) is 6.68. The second-order valence-corrected chi connectivity index (χ2v) is 4.26. The average molecular weight is 188 g/mol. The van der Waals surface area contributed by atoms with Gasteiger partial charge in [0.2, 0.25) is 0 Å². The van der Waals surface area contributed by atoms with E-state index in [2.05, 4.69) is 19.1 Å². The highest BCUT2D eigenvalue weighted by Gasteiger charge is 2.16. The first kappa shape index (κ1) is 9.45. The molecule has 14 heavy (non-hydrogen) atoms. The molecule has 1 nitrogen and oxygen atoms in total. The fourth-order valence-corrected chi connectivity index (χ4v) is 2.25. The molecule has 0 spiro atoms. The average Bonchev–Trinajstić information content (AvgIpc) is 2.18. The van der Waals surface area contributed by atoms with Gasteiger partial charge in [0, 0.05) is 5.56 Å². The van der Waals surface area contributed by atoms with E-state index in [4.69, 9.17) is 0 Å². The Morgan fingerprint density at radius 2 is 2.21 bits per heavy atom. The number of ketones is 1. The van der Waals surface area contributed by atoms with Crippen LogP contribution in [0.2, 0.25) is 0 Å². The quantitative estimate of drug-likeness (QED) is 0.618. The van der Waals surface area contributed by atoms with Crippen molar-refractivity contribution in [1.82, 2.24) is 0 Å². The highest BCUT2D eigenvalue weighted by molar-refractivity contribution is 5.94. The van der Waals surface area contributed by atoms with Crippen LogP contribution < -0.4 is 0 Å². The lowest BCUT2D eigenvalue weighted by Gasteiger charge is -2.22. The molecule has 1 aromatic carbocycles. The maximum Gasteiger partial charge on any atom is 0.159 e. The molecule has 1 aliphatic carbocycles. The molecule has 0 amide bonds. The van der Waals surface area contributed by atoms with E-state index in [0.717, 1.165) is 5.56 Å². The molecule has 0 radical (unpaired) electrons. The Hall–Kier alpha value is -1.11. The Morgan fingerprint density at radius 3 is 2.93 bits per heavy atom. The van der Waals surface area contributed by atoms with Crippen molar-refractivity contribution in [3.05, 3.63) is 34.9 Å². The topological polar surface area (TPSA) is 17.1 Å². The second-order valence-electron chi connectivity index (χ2n) is 4.26. The number of fused-ring (bicyclic) bond motifs is 1. The third kappa shape index (κ3) is 1.59. The van der Waals surface area contributed by atoms with E-state index >= 15 is 0 Å². The molecule has 0 saturated heterocycles. The second kappa shape index (κ2) is 3.56. The van der Waals surface area contributed by atoms with Crippen LogP contribution in [-0.4, -0.2) is 5.78 Å². The molecule has 1 heteroatoms. The zero-order valence-corrected chi connectivity index (χ0v) is 8.84. The van der Waals surface area contributed by atoms with Crippen molar-refractivity contribution in [2.24, 2.45) is 0 Å². The van der Waals surface area contributed by atoms with Crippen LogP contribution in [0.3, 0.4) is 0 Å². The van der Waals surface area contributed by atoms with Crippen molar-refractivity contribution in [2.45, 2.75) is 39.0 Å². The molecular weight excluding hydrogens is 172 g/mol. The third-order valence-corrected chi connectivity index (χ3v) is 3.17. The van der Waals surface area contributed by atoms with E-state index in [1.165, 1.54) is 30.4 Å². The summed E-state index contributed by atoms with van der Waals surface area (Å²) in [5.41, 5.74) is 3.69. The minimum Gasteiger partial charge on any atom is -0.295 e. The Morgan fingerprint density at radius 1 is 1.43 bits per heavy atom. The minimum absolute atomic E-state index is 0.172. The van der Waals surface area contributed by atoms with E-state index in [0.29, 0.717) is 5.92 Å². The van der Waals surface area contributed by atoms with Crippen molar-refractivity contribution in [1.29, 1.82) is 0 Å². The molecule has 1 aliphatic rings. The number of benzene rings is 1. The van der Waals surface area contributed by atoms with Gasteiger partial charge in [0.05, 0.1) is 0 Å². The van der Waals surface area contributed by atoms with E-state index in [9.17, 15) is 4.79 Å². The van der Waals surface area contributed by atoms with Gasteiger partial charge in [-0.05, 0) is 49.3 Å². The van der Waals surface area contributed by atoms with E-state index in [-0.39, 0.29) is 5.78 Å². The maximum absolute atomic E-state index is 11.2. The van der Waals surface area contributed by atoms with Crippen LogP contribution in [0.1, 0.15) is 54.1 Å². The number of carbonyl (C=O) groups is 1. The Balaban J connectivity index is 2.45. The highest BCUT2D eigenvalue weighted by atomic mass is 16.1. The summed E-state index contributed by atoms with van der Waals surface area (Å²) >= 11 is 0. The molecule has 0 N–H and O–H groups in total. The number of carbonyl (C=O) groups excluding carboxylic acids is 1. The summed E-state index contributed by atoms with van der Waals surface area (Å²) in [7, 11) is 0. The van der Waals surface area contributed by atoms with Gasteiger partial charge in [-0.3, -0.25) is 4.79 Å². The molecule has 1 unspecified atom stereocenters. The van der Waals surface area contributed by atoms with Crippen LogP contribution in [0.25, 0.3) is 0 Å². The zero-order valence-electron chi connectivity index (χ0n) is 8.84. The molecule has 74 valence electrons. The van der Waals surface area contributed by atoms with Crippen LogP contribution in [0.4, 0.5) is 0 Å². The monoisotopic (exact) mass is 188 g/mol. The van der Waals surface area contributed by atoms with Crippen molar-refractivity contribution in [3.8, 4) is 0 Å². The van der Waals surface area contributed by atoms with Gasteiger partial charge < -0.3 is 0 Å². The highest BCUT2D eigenvalue weighted by Crippen LogP contribution is 2.31. The Bertz CT molecular complexity index is 365. The summed E-state index contributed by atoms with van der Waals surface area (Å²) in [6.07, 6.45) is 3.72. The van der Waals surface area contributed by atoms with Crippen LogP contribution in [-0.2, 0) is 6.42 Å². The number of rotatable bonds is 1. The molecule has 1 aromatic rings. The summed E-state index contributed by atoms with van der Waals surface area (Å²) < 4.78 is 0. The molecule has 1 atom stereocenters. The van der Waals surface area contributed by atoms with Gasteiger partial charge in [0.25, 0.3) is 0 Å². The summed E-state index contributed by atoms with van der Waals surface area (Å²) in [6.45, 7) is 3.89. The standard InChI is InChI=1S/C13H16O/c1-9-4-3-5-11-6-7-12(10(2)14)8-13(9)11/h6-9H,3-5H2,1-2H3. The number of aryl methyl sites for hydroxylation is 1. The first-order valence-electron chi connectivity index (χ1n) is 5.32. The maximum atomic E-state index is 11.2. The lowest BCUT2D eigenvalue weighted by Crippen LogP contribution is -2.08. The summed E-state index contributed by atoms with van der Waals surface area (Å²) in [6, 6.07) is 6.17. The molecular formula is C13H16O. The molecule has 0 aliphatic heterocycles. The minimum atomic E-state index is 0.172. The predicted molar refractivity (Wildman–Crippen MR) is 57.8 cm³/mol. The predicted octanol–water partition coefficient (Wildman–Crippen LogP) is 3.33. The number of hydrogen-bond donors (Lipinski definition) is 0. The molecule has 0 aromatic heterocycles. The number of hydrogen-bond acceptors (Lipinski definition) is 1. The summed E-state index contributed by atoms with van der Waals surface area (Å²) in [4.78, 5) is 11.2. The normalized spacial score (nSPS) is 20.3. The summed E-state index contributed by atoms with van der Waals surface area (Å²) in [5.74, 6) is 0.795. The lowest BCUT2D eigenvalue weighted by atomic mass is 9.83. The summed E-state index contributed by atoms with van der Waals surface area (Å²) in [5, 5.41) is 0. The fraction of sp³-hybridized carbons (Fsp3) is 0.462. The van der Waals surface area contributed by atoms with Crippen LogP contribution in [0, 0.1) is 0 Å². The molecule has 0 saturated carbocycles. The SMILES string of the molecule is CC(=O)c1ccc2c(c1)C(C)CCC2. The lowest BCUT2D eigenvalue weighted by molar-refractivity contribution is 0.101. The largest absolute Gasteiger partial charge is 0.295 e. The van der Waals surface area contributed by atoms with E-state index < -0.39 is 0 Å². The van der Waals surface area contributed by atoms with Gasteiger partial charge in [-0.1, -0.05) is 19.1 Å².